The molecule has 0 spiro atoms. The third-order valence-corrected chi connectivity index (χ3v) is 5.72. The molecule has 0 unspecified atom stereocenters. The van der Waals surface area contributed by atoms with Gasteiger partial charge in [-0.25, -0.2) is 4.79 Å². The minimum absolute atomic E-state index is 0.168. The first-order valence-corrected chi connectivity index (χ1v) is 10.7. The van der Waals surface area contributed by atoms with Gasteiger partial charge in [-0.3, -0.25) is 9.59 Å². The van der Waals surface area contributed by atoms with Crippen LogP contribution in [0.3, 0.4) is 0 Å². The Morgan fingerprint density at radius 1 is 1.09 bits per heavy atom. The molecule has 3 aromatic rings. The van der Waals surface area contributed by atoms with Crippen molar-refractivity contribution in [3.8, 4) is 10.4 Å². The van der Waals surface area contributed by atoms with E-state index in [0.29, 0.717) is 16.9 Å². The molecular formula is C23H24N4O4S. The number of nitrogens with two attached hydrogens (primary N) is 1. The summed E-state index contributed by atoms with van der Waals surface area (Å²) in [5, 5.41) is 16.1. The number of benzene rings is 2. The molecule has 2 aromatic carbocycles. The van der Waals surface area contributed by atoms with Gasteiger partial charge in [0.15, 0.2) is 0 Å². The number of anilines is 2. The molecule has 5 N–H and O–H groups in total. The largest absolute Gasteiger partial charge is 0.465 e. The molecule has 3 amide bonds. The first-order valence-electron chi connectivity index (χ1n) is 9.79. The Hall–Kier alpha value is -3.85. The van der Waals surface area contributed by atoms with Crippen LogP contribution in [0.4, 0.5) is 16.2 Å². The topological polar surface area (TPSA) is 125 Å². The van der Waals surface area contributed by atoms with E-state index in [4.69, 9.17) is 10.8 Å². The summed E-state index contributed by atoms with van der Waals surface area (Å²) in [7, 11) is 3.12. The van der Waals surface area contributed by atoms with E-state index in [1.54, 1.807) is 55.8 Å². The van der Waals surface area contributed by atoms with Crippen LogP contribution in [-0.2, 0) is 11.2 Å². The van der Waals surface area contributed by atoms with Crippen LogP contribution in [0.15, 0.2) is 60.0 Å². The standard InChI is InChI=1S/C23H24N4O4S/c1-27(2)22(29)19(26-23(30)31)12-14-5-7-15(8-6-14)21(28)25-18-13-16(9-10-17(18)24)20-4-3-11-32-20/h3-11,13,19,26H,12,24H2,1-2H3,(H,25,28)(H,30,31)/t19-/m0/s1. The van der Waals surface area contributed by atoms with Crippen molar-refractivity contribution in [1.29, 1.82) is 0 Å². The lowest BCUT2D eigenvalue weighted by Crippen LogP contribution is -2.47. The van der Waals surface area contributed by atoms with Crippen molar-refractivity contribution >= 4 is 40.6 Å². The van der Waals surface area contributed by atoms with E-state index in [1.807, 2.05) is 29.6 Å². The minimum atomic E-state index is -1.27. The number of carboxylic acid groups (broad SMARTS) is 1. The molecule has 0 fully saturated rings. The van der Waals surface area contributed by atoms with Crippen LogP contribution in [0.5, 0.6) is 0 Å². The third-order valence-electron chi connectivity index (χ3n) is 4.80. The van der Waals surface area contributed by atoms with E-state index in [-0.39, 0.29) is 18.2 Å². The minimum Gasteiger partial charge on any atom is -0.465 e. The average molecular weight is 453 g/mol. The molecule has 32 heavy (non-hydrogen) atoms. The van der Waals surface area contributed by atoms with E-state index in [0.717, 1.165) is 16.0 Å². The number of rotatable bonds is 7. The van der Waals surface area contributed by atoms with Gasteiger partial charge in [-0.1, -0.05) is 24.3 Å². The predicted octanol–water partition coefficient (Wildman–Crippen LogP) is 3.52. The first kappa shape index (κ1) is 22.8. The van der Waals surface area contributed by atoms with Crippen molar-refractivity contribution in [3.63, 3.8) is 0 Å². The van der Waals surface area contributed by atoms with Crippen LogP contribution in [0.25, 0.3) is 10.4 Å². The zero-order chi connectivity index (χ0) is 23.3. The molecule has 1 heterocycles. The number of carbonyl (C=O) groups excluding carboxylic acids is 2. The third kappa shape index (κ3) is 5.64. The maximum atomic E-state index is 12.7. The van der Waals surface area contributed by atoms with Crippen molar-refractivity contribution in [2.75, 3.05) is 25.1 Å². The fraction of sp³-hybridized carbons (Fsp3) is 0.174. The number of thiophene rings is 1. The highest BCUT2D eigenvalue weighted by molar-refractivity contribution is 7.13. The molecule has 0 saturated heterocycles. The molecule has 3 rings (SSSR count). The smallest absolute Gasteiger partial charge is 0.405 e. The van der Waals surface area contributed by atoms with Crippen LogP contribution >= 0.6 is 11.3 Å². The molecule has 166 valence electrons. The van der Waals surface area contributed by atoms with E-state index < -0.39 is 12.1 Å². The van der Waals surface area contributed by atoms with Gasteiger partial charge in [0.2, 0.25) is 5.91 Å². The van der Waals surface area contributed by atoms with Gasteiger partial charge in [-0.2, -0.15) is 0 Å². The summed E-state index contributed by atoms with van der Waals surface area (Å²) in [6, 6.07) is 15.2. The number of likely N-dealkylation sites (N-methyl/N-ethyl adjacent to an activating group) is 1. The Bertz CT molecular complexity index is 1110. The fourth-order valence-corrected chi connectivity index (χ4v) is 3.87. The Morgan fingerprint density at radius 3 is 2.41 bits per heavy atom. The second-order valence-electron chi connectivity index (χ2n) is 7.37. The van der Waals surface area contributed by atoms with Gasteiger partial charge in [-0.15, -0.1) is 11.3 Å². The first-order chi connectivity index (χ1) is 15.2. The lowest BCUT2D eigenvalue weighted by molar-refractivity contribution is -0.130. The van der Waals surface area contributed by atoms with Gasteiger partial charge in [-0.05, 0) is 46.8 Å². The number of hydrogen-bond donors (Lipinski definition) is 4. The van der Waals surface area contributed by atoms with Crippen molar-refractivity contribution in [3.05, 3.63) is 71.1 Å². The van der Waals surface area contributed by atoms with E-state index in [9.17, 15) is 14.4 Å². The van der Waals surface area contributed by atoms with Crippen LogP contribution in [0.1, 0.15) is 15.9 Å². The Labute approximate surface area is 189 Å². The van der Waals surface area contributed by atoms with Crippen molar-refractivity contribution in [2.24, 2.45) is 0 Å². The maximum Gasteiger partial charge on any atom is 0.405 e. The second-order valence-corrected chi connectivity index (χ2v) is 8.32. The highest BCUT2D eigenvalue weighted by Crippen LogP contribution is 2.30. The molecule has 8 nitrogen and oxygen atoms in total. The zero-order valence-corrected chi connectivity index (χ0v) is 18.5. The summed E-state index contributed by atoms with van der Waals surface area (Å²) in [6.07, 6.45) is -1.11. The monoisotopic (exact) mass is 452 g/mol. The summed E-state index contributed by atoms with van der Waals surface area (Å²) in [4.78, 5) is 38.4. The van der Waals surface area contributed by atoms with Crippen LogP contribution in [0, 0.1) is 0 Å². The van der Waals surface area contributed by atoms with Gasteiger partial charge in [0.25, 0.3) is 5.91 Å². The quantitative estimate of drug-likeness (QED) is 0.408. The number of nitrogen functional groups attached to an aromatic ring is 1. The van der Waals surface area contributed by atoms with E-state index in [1.165, 1.54) is 4.90 Å². The molecule has 0 aliphatic heterocycles. The van der Waals surface area contributed by atoms with Gasteiger partial charge in [0.05, 0.1) is 11.4 Å². The van der Waals surface area contributed by atoms with Gasteiger partial charge in [0, 0.05) is 31.0 Å². The van der Waals surface area contributed by atoms with Crippen molar-refractivity contribution in [1.82, 2.24) is 10.2 Å². The predicted molar refractivity (Wildman–Crippen MR) is 126 cm³/mol. The Kier molecular flexibility index (Phi) is 7.11. The highest BCUT2D eigenvalue weighted by Gasteiger charge is 2.22. The fourth-order valence-electron chi connectivity index (χ4n) is 3.14. The maximum absolute atomic E-state index is 12.7. The summed E-state index contributed by atoms with van der Waals surface area (Å²) in [5.41, 5.74) is 9.11. The molecule has 0 aliphatic carbocycles. The van der Waals surface area contributed by atoms with Crippen LogP contribution in [-0.4, -0.2) is 48.1 Å². The molecule has 9 heteroatoms. The molecule has 0 bridgehead atoms. The van der Waals surface area contributed by atoms with Crippen molar-refractivity contribution in [2.45, 2.75) is 12.5 Å². The molecule has 0 saturated carbocycles. The number of carbonyl (C=O) groups is 3. The van der Waals surface area contributed by atoms with E-state index in [2.05, 4.69) is 10.6 Å². The summed E-state index contributed by atoms with van der Waals surface area (Å²) < 4.78 is 0. The van der Waals surface area contributed by atoms with Crippen LogP contribution in [0.2, 0.25) is 0 Å². The lowest BCUT2D eigenvalue weighted by Gasteiger charge is -2.20. The summed E-state index contributed by atoms with van der Waals surface area (Å²) in [5.74, 6) is -0.675. The average Bonchev–Trinajstić information content (AvgIpc) is 3.29. The summed E-state index contributed by atoms with van der Waals surface area (Å²) >= 11 is 1.60. The van der Waals surface area contributed by atoms with Gasteiger partial charge in [0.1, 0.15) is 6.04 Å². The zero-order valence-electron chi connectivity index (χ0n) is 17.7. The Morgan fingerprint density at radius 2 is 1.81 bits per heavy atom. The van der Waals surface area contributed by atoms with Gasteiger partial charge >= 0.3 is 6.09 Å². The SMILES string of the molecule is CN(C)C(=O)[C@H](Cc1ccc(C(=O)Nc2cc(-c3cccs3)ccc2N)cc1)NC(=O)O. The highest BCUT2D eigenvalue weighted by atomic mass is 32.1. The molecule has 0 aliphatic rings. The second kappa shape index (κ2) is 9.97. The molecular weight excluding hydrogens is 428 g/mol. The van der Waals surface area contributed by atoms with Crippen LogP contribution < -0.4 is 16.4 Å². The number of nitrogens with one attached hydrogen (secondary N) is 2. The van der Waals surface area contributed by atoms with E-state index >= 15 is 0 Å². The lowest BCUT2D eigenvalue weighted by atomic mass is 10.0. The molecule has 0 radical (unpaired) electrons. The summed E-state index contributed by atoms with van der Waals surface area (Å²) in [6.45, 7) is 0. The molecule has 1 aromatic heterocycles. The number of nitrogens with zero attached hydrogens (tertiary/aromatic N) is 1. The number of hydrogen-bond acceptors (Lipinski definition) is 5. The Balaban J connectivity index is 1.72. The normalized spacial score (nSPS) is 11.4. The molecule has 1 atom stereocenters. The van der Waals surface area contributed by atoms with Crippen molar-refractivity contribution < 1.29 is 19.5 Å². The van der Waals surface area contributed by atoms with Gasteiger partial charge < -0.3 is 26.4 Å². The number of amides is 3.